The number of carbonyl (C=O) groups excluding carboxylic acids is 1. The van der Waals surface area contributed by atoms with Gasteiger partial charge in [0.15, 0.2) is 0 Å². The van der Waals surface area contributed by atoms with Gasteiger partial charge in [0, 0.05) is 11.7 Å². The third kappa shape index (κ3) is 3.36. The van der Waals surface area contributed by atoms with Crippen LogP contribution in [-0.2, 0) is 11.3 Å². The molecule has 1 N–H and O–H groups in total. The Morgan fingerprint density at radius 3 is 2.75 bits per heavy atom. The van der Waals surface area contributed by atoms with E-state index in [-0.39, 0.29) is 11.9 Å². The highest BCUT2D eigenvalue weighted by Crippen LogP contribution is 2.04. The van der Waals surface area contributed by atoms with Crippen molar-refractivity contribution in [2.45, 2.75) is 53.1 Å². The Hall–Kier alpha value is -1.32. The average Bonchev–Trinajstić information content (AvgIpc) is 2.50. The predicted molar refractivity (Wildman–Crippen MR) is 64.2 cm³/mol. The molecule has 1 aromatic heterocycles. The third-order valence-electron chi connectivity index (χ3n) is 2.79. The van der Waals surface area contributed by atoms with Crippen LogP contribution in [0.2, 0.25) is 0 Å². The molecule has 0 saturated carbocycles. The molecule has 4 nitrogen and oxygen atoms in total. The lowest BCUT2D eigenvalue weighted by molar-refractivity contribution is -0.122. The average molecular weight is 223 g/mol. The fourth-order valence-corrected chi connectivity index (χ4v) is 1.68. The standard InChI is InChI=1S/C12H21N3O/c1-5-6-9(2)14-12(16)7-15-8-13-10(3)11(15)4/h8-9H,5-7H2,1-4H3,(H,14,16). The zero-order chi connectivity index (χ0) is 12.1. The summed E-state index contributed by atoms with van der Waals surface area (Å²) in [7, 11) is 0. The van der Waals surface area contributed by atoms with Crippen LogP contribution < -0.4 is 5.32 Å². The number of aromatic nitrogens is 2. The zero-order valence-corrected chi connectivity index (χ0v) is 10.6. The van der Waals surface area contributed by atoms with Crippen LogP contribution in [0.5, 0.6) is 0 Å². The molecule has 0 fully saturated rings. The molecule has 4 heteroatoms. The molecule has 90 valence electrons. The smallest absolute Gasteiger partial charge is 0.240 e. The summed E-state index contributed by atoms with van der Waals surface area (Å²) in [6.45, 7) is 8.44. The Labute approximate surface area is 97.1 Å². The summed E-state index contributed by atoms with van der Waals surface area (Å²) in [5, 5.41) is 2.98. The molecule has 1 rings (SSSR count). The second-order valence-electron chi connectivity index (χ2n) is 4.30. The van der Waals surface area contributed by atoms with Crippen LogP contribution in [0.4, 0.5) is 0 Å². The van der Waals surface area contributed by atoms with Crippen LogP contribution in [0.15, 0.2) is 6.33 Å². The third-order valence-corrected chi connectivity index (χ3v) is 2.79. The number of rotatable bonds is 5. The minimum absolute atomic E-state index is 0.0569. The van der Waals surface area contributed by atoms with E-state index in [1.54, 1.807) is 6.33 Å². The molecule has 1 heterocycles. The lowest BCUT2D eigenvalue weighted by atomic mass is 10.2. The second kappa shape index (κ2) is 5.68. The van der Waals surface area contributed by atoms with Gasteiger partial charge in [-0.25, -0.2) is 4.98 Å². The number of hydrogen-bond donors (Lipinski definition) is 1. The molecule has 0 radical (unpaired) electrons. The summed E-state index contributed by atoms with van der Waals surface area (Å²) in [5.74, 6) is 0.0569. The normalized spacial score (nSPS) is 12.5. The lowest BCUT2D eigenvalue weighted by Gasteiger charge is -2.13. The van der Waals surface area contributed by atoms with Crippen molar-refractivity contribution in [3.05, 3.63) is 17.7 Å². The Morgan fingerprint density at radius 1 is 1.56 bits per heavy atom. The van der Waals surface area contributed by atoms with Gasteiger partial charge in [0.1, 0.15) is 6.54 Å². The van der Waals surface area contributed by atoms with Gasteiger partial charge >= 0.3 is 0 Å². The van der Waals surface area contributed by atoms with E-state index in [1.807, 2.05) is 25.3 Å². The lowest BCUT2D eigenvalue weighted by Crippen LogP contribution is -2.35. The van der Waals surface area contributed by atoms with E-state index < -0.39 is 0 Å². The van der Waals surface area contributed by atoms with Crippen LogP contribution in [0.3, 0.4) is 0 Å². The van der Waals surface area contributed by atoms with Crippen LogP contribution in [0.1, 0.15) is 38.1 Å². The maximum atomic E-state index is 11.7. The van der Waals surface area contributed by atoms with Crippen molar-refractivity contribution >= 4 is 5.91 Å². The molecule has 16 heavy (non-hydrogen) atoms. The van der Waals surface area contributed by atoms with E-state index in [9.17, 15) is 4.79 Å². The number of imidazole rings is 1. The highest BCUT2D eigenvalue weighted by atomic mass is 16.2. The first-order valence-electron chi connectivity index (χ1n) is 5.82. The first-order valence-corrected chi connectivity index (χ1v) is 5.82. The van der Waals surface area contributed by atoms with Crippen LogP contribution in [0.25, 0.3) is 0 Å². The SMILES string of the molecule is CCCC(C)NC(=O)Cn1cnc(C)c1C. The molecule has 0 saturated heterocycles. The van der Waals surface area contributed by atoms with Gasteiger partial charge in [-0.2, -0.15) is 0 Å². The summed E-state index contributed by atoms with van der Waals surface area (Å²) in [6.07, 6.45) is 3.83. The van der Waals surface area contributed by atoms with Crippen molar-refractivity contribution in [1.82, 2.24) is 14.9 Å². The van der Waals surface area contributed by atoms with Gasteiger partial charge in [-0.15, -0.1) is 0 Å². The molecule has 1 unspecified atom stereocenters. The molecule has 0 aliphatic rings. The molecule has 1 amide bonds. The van der Waals surface area contributed by atoms with Crippen molar-refractivity contribution in [3.63, 3.8) is 0 Å². The van der Waals surface area contributed by atoms with Gasteiger partial charge < -0.3 is 9.88 Å². The fraction of sp³-hybridized carbons (Fsp3) is 0.667. The number of aryl methyl sites for hydroxylation is 1. The summed E-state index contributed by atoms with van der Waals surface area (Å²) < 4.78 is 1.88. The molecule has 1 atom stereocenters. The van der Waals surface area contributed by atoms with E-state index in [1.165, 1.54) is 0 Å². The van der Waals surface area contributed by atoms with Gasteiger partial charge in [-0.3, -0.25) is 4.79 Å². The molecule has 0 bridgehead atoms. The molecular formula is C12H21N3O. The molecule has 0 aromatic carbocycles. The van der Waals surface area contributed by atoms with E-state index in [0.29, 0.717) is 6.54 Å². The molecule has 0 spiro atoms. The predicted octanol–water partition coefficient (Wildman–Crippen LogP) is 1.80. The van der Waals surface area contributed by atoms with E-state index in [2.05, 4.69) is 17.2 Å². The molecule has 0 aliphatic heterocycles. The van der Waals surface area contributed by atoms with Gasteiger partial charge in [0.2, 0.25) is 5.91 Å². The minimum Gasteiger partial charge on any atom is -0.352 e. The van der Waals surface area contributed by atoms with E-state index in [4.69, 9.17) is 0 Å². The largest absolute Gasteiger partial charge is 0.352 e. The van der Waals surface area contributed by atoms with Gasteiger partial charge in [-0.05, 0) is 27.2 Å². The number of amides is 1. The van der Waals surface area contributed by atoms with Gasteiger partial charge in [-0.1, -0.05) is 13.3 Å². The number of nitrogens with zero attached hydrogens (tertiary/aromatic N) is 2. The highest BCUT2D eigenvalue weighted by molar-refractivity contribution is 5.76. The van der Waals surface area contributed by atoms with E-state index >= 15 is 0 Å². The van der Waals surface area contributed by atoms with Crippen molar-refractivity contribution in [2.24, 2.45) is 0 Å². The van der Waals surface area contributed by atoms with Gasteiger partial charge in [0.05, 0.1) is 12.0 Å². The monoisotopic (exact) mass is 223 g/mol. The summed E-state index contributed by atoms with van der Waals surface area (Å²) >= 11 is 0. The van der Waals surface area contributed by atoms with Gasteiger partial charge in [0.25, 0.3) is 0 Å². The van der Waals surface area contributed by atoms with Crippen molar-refractivity contribution in [1.29, 1.82) is 0 Å². The number of carbonyl (C=O) groups is 1. The minimum atomic E-state index is 0.0569. The Balaban J connectivity index is 2.49. The summed E-state index contributed by atoms with van der Waals surface area (Å²) in [6, 6.07) is 0.252. The maximum Gasteiger partial charge on any atom is 0.240 e. The maximum absolute atomic E-state index is 11.7. The molecule has 1 aromatic rings. The van der Waals surface area contributed by atoms with Crippen molar-refractivity contribution in [2.75, 3.05) is 0 Å². The van der Waals surface area contributed by atoms with Crippen molar-refractivity contribution < 1.29 is 4.79 Å². The number of hydrogen-bond acceptors (Lipinski definition) is 2. The first-order chi connectivity index (χ1) is 7.54. The quantitative estimate of drug-likeness (QED) is 0.827. The highest BCUT2D eigenvalue weighted by Gasteiger charge is 2.09. The topological polar surface area (TPSA) is 46.9 Å². The molecule has 0 aliphatic carbocycles. The van der Waals surface area contributed by atoms with Crippen LogP contribution in [0, 0.1) is 13.8 Å². The van der Waals surface area contributed by atoms with E-state index in [0.717, 1.165) is 24.2 Å². The second-order valence-corrected chi connectivity index (χ2v) is 4.30. The summed E-state index contributed by atoms with van der Waals surface area (Å²) in [4.78, 5) is 15.9. The molecular weight excluding hydrogens is 202 g/mol. The Morgan fingerprint density at radius 2 is 2.25 bits per heavy atom. The number of nitrogens with one attached hydrogen (secondary N) is 1. The summed E-state index contributed by atoms with van der Waals surface area (Å²) in [5.41, 5.74) is 2.03. The Bertz CT molecular complexity index is 357. The zero-order valence-electron chi connectivity index (χ0n) is 10.6. The van der Waals surface area contributed by atoms with Crippen LogP contribution in [-0.4, -0.2) is 21.5 Å². The van der Waals surface area contributed by atoms with Crippen LogP contribution >= 0.6 is 0 Å². The fourth-order valence-electron chi connectivity index (χ4n) is 1.68. The first kappa shape index (κ1) is 12.7. The van der Waals surface area contributed by atoms with Crippen molar-refractivity contribution in [3.8, 4) is 0 Å². The Kier molecular flexibility index (Phi) is 4.52.